The predicted octanol–water partition coefficient (Wildman–Crippen LogP) is 2.62. The van der Waals surface area contributed by atoms with Crippen molar-refractivity contribution in [3.63, 3.8) is 0 Å². The second kappa shape index (κ2) is 6.78. The SMILES string of the molecule is CC(C)(C)C(=O)N1CCC(COc2cccnc2C#N)CC1. The number of pyridine rings is 1. The summed E-state index contributed by atoms with van der Waals surface area (Å²) in [7, 11) is 0. The van der Waals surface area contributed by atoms with E-state index in [1.165, 1.54) is 0 Å². The molecule has 118 valence electrons. The molecule has 0 radical (unpaired) electrons. The minimum absolute atomic E-state index is 0.214. The molecule has 0 saturated carbocycles. The molecule has 2 rings (SSSR count). The van der Waals surface area contributed by atoms with Gasteiger partial charge in [0.05, 0.1) is 6.61 Å². The molecule has 0 unspecified atom stereocenters. The number of nitriles is 1. The van der Waals surface area contributed by atoms with Crippen LogP contribution in [0.4, 0.5) is 0 Å². The first-order valence-electron chi connectivity index (χ1n) is 7.69. The number of nitrogens with zero attached hydrogens (tertiary/aromatic N) is 3. The molecule has 0 aliphatic carbocycles. The van der Waals surface area contributed by atoms with Gasteiger partial charge < -0.3 is 9.64 Å². The number of carbonyl (C=O) groups excluding carboxylic acids is 1. The highest BCUT2D eigenvalue weighted by molar-refractivity contribution is 5.81. The highest BCUT2D eigenvalue weighted by Gasteiger charge is 2.30. The second-order valence-electron chi connectivity index (χ2n) is 6.76. The Hall–Kier alpha value is -2.09. The van der Waals surface area contributed by atoms with Crippen molar-refractivity contribution in [3.05, 3.63) is 24.0 Å². The molecule has 5 heteroatoms. The van der Waals surface area contributed by atoms with Crippen molar-refractivity contribution in [3.8, 4) is 11.8 Å². The van der Waals surface area contributed by atoms with Crippen molar-refractivity contribution in [2.75, 3.05) is 19.7 Å². The molecule has 2 heterocycles. The van der Waals surface area contributed by atoms with Crippen LogP contribution in [0.5, 0.6) is 5.75 Å². The fourth-order valence-electron chi connectivity index (χ4n) is 2.58. The number of rotatable bonds is 3. The van der Waals surface area contributed by atoms with Crippen LogP contribution < -0.4 is 4.74 Å². The van der Waals surface area contributed by atoms with E-state index in [4.69, 9.17) is 10.00 Å². The van der Waals surface area contributed by atoms with Gasteiger partial charge in [0.15, 0.2) is 11.4 Å². The Labute approximate surface area is 131 Å². The molecule has 1 saturated heterocycles. The standard InChI is InChI=1S/C17H23N3O2/c1-17(2,3)16(21)20-9-6-13(7-10-20)12-22-15-5-4-8-19-14(15)11-18/h4-5,8,13H,6-7,9-10,12H2,1-3H3. The highest BCUT2D eigenvalue weighted by Crippen LogP contribution is 2.24. The van der Waals surface area contributed by atoms with Crippen LogP contribution in [0.2, 0.25) is 0 Å². The van der Waals surface area contributed by atoms with Crippen molar-refractivity contribution < 1.29 is 9.53 Å². The van der Waals surface area contributed by atoms with Gasteiger partial charge in [-0.2, -0.15) is 5.26 Å². The van der Waals surface area contributed by atoms with E-state index in [9.17, 15) is 4.79 Å². The average Bonchev–Trinajstić information content (AvgIpc) is 2.52. The summed E-state index contributed by atoms with van der Waals surface area (Å²) in [6.45, 7) is 7.99. The van der Waals surface area contributed by atoms with Crippen LogP contribution in [0.1, 0.15) is 39.3 Å². The summed E-state index contributed by atoms with van der Waals surface area (Å²) < 4.78 is 5.74. The molecular weight excluding hydrogens is 278 g/mol. The van der Waals surface area contributed by atoms with E-state index in [0.717, 1.165) is 25.9 Å². The Balaban J connectivity index is 1.83. The number of carbonyl (C=O) groups is 1. The van der Waals surface area contributed by atoms with Crippen LogP contribution in [0, 0.1) is 22.7 Å². The van der Waals surface area contributed by atoms with E-state index in [1.807, 2.05) is 31.7 Å². The molecule has 1 aromatic heterocycles. The maximum absolute atomic E-state index is 12.2. The lowest BCUT2D eigenvalue weighted by Crippen LogP contribution is -2.44. The van der Waals surface area contributed by atoms with Crippen LogP contribution in [0.3, 0.4) is 0 Å². The minimum Gasteiger partial charge on any atom is -0.490 e. The molecule has 1 aliphatic rings. The van der Waals surface area contributed by atoms with Gasteiger partial charge in [-0.3, -0.25) is 4.79 Å². The van der Waals surface area contributed by atoms with E-state index in [2.05, 4.69) is 4.98 Å². The van der Waals surface area contributed by atoms with E-state index >= 15 is 0 Å². The molecule has 1 aliphatic heterocycles. The van der Waals surface area contributed by atoms with E-state index < -0.39 is 0 Å². The molecule has 0 atom stereocenters. The third kappa shape index (κ3) is 3.97. The van der Waals surface area contributed by atoms with Gasteiger partial charge in [0, 0.05) is 24.7 Å². The van der Waals surface area contributed by atoms with Crippen molar-refractivity contribution in [2.45, 2.75) is 33.6 Å². The van der Waals surface area contributed by atoms with Crippen LogP contribution in [0.25, 0.3) is 0 Å². The lowest BCUT2D eigenvalue weighted by atomic mass is 9.91. The van der Waals surface area contributed by atoms with Gasteiger partial charge in [-0.1, -0.05) is 20.8 Å². The highest BCUT2D eigenvalue weighted by atomic mass is 16.5. The van der Waals surface area contributed by atoms with Crippen LogP contribution in [-0.4, -0.2) is 35.5 Å². The largest absolute Gasteiger partial charge is 0.490 e. The quantitative estimate of drug-likeness (QED) is 0.860. The van der Waals surface area contributed by atoms with Crippen molar-refractivity contribution in [1.82, 2.24) is 9.88 Å². The lowest BCUT2D eigenvalue weighted by Gasteiger charge is -2.35. The predicted molar refractivity (Wildman–Crippen MR) is 83.2 cm³/mol. The van der Waals surface area contributed by atoms with Crippen LogP contribution in [-0.2, 0) is 4.79 Å². The number of ether oxygens (including phenoxy) is 1. The maximum Gasteiger partial charge on any atom is 0.227 e. The first-order chi connectivity index (χ1) is 10.4. The van der Waals surface area contributed by atoms with Gasteiger partial charge in [-0.25, -0.2) is 4.98 Å². The summed E-state index contributed by atoms with van der Waals surface area (Å²) in [5, 5.41) is 8.99. The number of likely N-dealkylation sites (tertiary alicyclic amines) is 1. The number of hydrogen-bond donors (Lipinski definition) is 0. The fourth-order valence-corrected chi connectivity index (χ4v) is 2.58. The molecule has 0 aromatic carbocycles. The first kappa shape index (κ1) is 16.3. The summed E-state index contributed by atoms with van der Waals surface area (Å²) in [4.78, 5) is 18.2. The topological polar surface area (TPSA) is 66.2 Å². The van der Waals surface area contributed by atoms with E-state index in [1.54, 1.807) is 18.3 Å². The molecule has 0 bridgehead atoms. The van der Waals surface area contributed by atoms with Gasteiger partial charge in [0.1, 0.15) is 6.07 Å². The Kier molecular flexibility index (Phi) is 5.02. The molecule has 1 aromatic rings. The Morgan fingerprint density at radius 1 is 1.45 bits per heavy atom. The monoisotopic (exact) mass is 301 g/mol. The summed E-state index contributed by atoms with van der Waals surface area (Å²) >= 11 is 0. The average molecular weight is 301 g/mol. The summed E-state index contributed by atoms with van der Waals surface area (Å²) in [5.74, 6) is 1.17. The lowest BCUT2D eigenvalue weighted by molar-refractivity contribution is -0.141. The zero-order chi connectivity index (χ0) is 16.2. The Bertz CT molecular complexity index is 564. The smallest absolute Gasteiger partial charge is 0.227 e. The summed E-state index contributed by atoms with van der Waals surface area (Å²) in [6.07, 6.45) is 3.45. The van der Waals surface area contributed by atoms with E-state index in [-0.39, 0.29) is 11.3 Å². The Morgan fingerprint density at radius 3 is 2.73 bits per heavy atom. The minimum atomic E-state index is -0.319. The molecular formula is C17H23N3O2. The molecule has 0 spiro atoms. The van der Waals surface area contributed by atoms with Crippen molar-refractivity contribution in [2.24, 2.45) is 11.3 Å². The van der Waals surface area contributed by atoms with Gasteiger partial charge in [-0.05, 0) is 30.9 Å². The van der Waals surface area contributed by atoms with E-state index in [0.29, 0.717) is 24.0 Å². The van der Waals surface area contributed by atoms with Crippen molar-refractivity contribution >= 4 is 5.91 Å². The third-order valence-electron chi connectivity index (χ3n) is 3.89. The third-order valence-corrected chi connectivity index (χ3v) is 3.89. The second-order valence-corrected chi connectivity index (χ2v) is 6.76. The number of piperidine rings is 1. The molecule has 5 nitrogen and oxygen atoms in total. The first-order valence-corrected chi connectivity index (χ1v) is 7.69. The summed E-state index contributed by atoms with van der Waals surface area (Å²) in [5.41, 5.74) is 0.00337. The van der Waals surface area contributed by atoms with Crippen molar-refractivity contribution in [1.29, 1.82) is 5.26 Å². The molecule has 0 N–H and O–H groups in total. The number of hydrogen-bond acceptors (Lipinski definition) is 4. The van der Waals surface area contributed by atoms with Gasteiger partial charge in [0.25, 0.3) is 0 Å². The van der Waals surface area contributed by atoms with Crippen LogP contribution in [0.15, 0.2) is 18.3 Å². The molecule has 1 amide bonds. The molecule has 22 heavy (non-hydrogen) atoms. The number of amides is 1. The van der Waals surface area contributed by atoms with Gasteiger partial charge >= 0.3 is 0 Å². The normalized spacial score (nSPS) is 16.2. The molecule has 1 fully saturated rings. The zero-order valence-electron chi connectivity index (χ0n) is 13.5. The van der Waals surface area contributed by atoms with Crippen LogP contribution >= 0.6 is 0 Å². The van der Waals surface area contributed by atoms with Gasteiger partial charge in [0.2, 0.25) is 5.91 Å². The fraction of sp³-hybridized carbons (Fsp3) is 0.588. The Morgan fingerprint density at radius 2 is 2.14 bits per heavy atom. The van der Waals surface area contributed by atoms with Gasteiger partial charge in [-0.15, -0.1) is 0 Å². The zero-order valence-corrected chi connectivity index (χ0v) is 13.5. The summed E-state index contributed by atoms with van der Waals surface area (Å²) in [6, 6.07) is 5.57. The number of aromatic nitrogens is 1. The maximum atomic E-state index is 12.2.